The largest absolute Gasteiger partial charge is 0.396 e. The lowest BCUT2D eigenvalue weighted by molar-refractivity contribution is 0.617. The Bertz CT molecular complexity index is 206. The van der Waals surface area contributed by atoms with Crippen LogP contribution in [0.3, 0.4) is 0 Å². The van der Waals surface area contributed by atoms with Crippen LogP contribution in [-0.4, -0.2) is 4.98 Å². The van der Waals surface area contributed by atoms with Crippen molar-refractivity contribution in [2.45, 2.75) is 0 Å². The summed E-state index contributed by atoms with van der Waals surface area (Å²) in [7, 11) is 0. The van der Waals surface area contributed by atoms with Gasteiger partial charge in [-0.25, -0.2) is 9.37 Å². The number of rotatable bonds is 0. The van der Waals surface area contributed by atoms with Crippen LogP contribution in [0.5, 0.6) is 0 Å². The molecule has 0 fully saturated rings. The number of nitrogens with zero attached hydrogens (tertiary/aromatic N) is 1. The van der Waals surface area contributed by atoms with E-state index in [0.29, 0.717) is 3.70 Å². The molecule has 0 aliphatic heterocycles. The molecule has 0 bridgehead atoms. The van der Waals surface area contributed by atoms with Gasteiger partial charge in [0.25, 0.3) is 0 Å². The summed E-state index contributed by atoms with van der Waals surface area (Å²) in [5.74, 6) is -0.432. The van der Waals surface area contributed by atoms with E-state index in [2.05, 4.69) is 4.98 Å². The Morgan fingerprint density at radius 1 is 1.67 bits per heavy atom. The van der Waals surface area contributed by atoms with Crippen LogP contribution in [0.15, 0.2) is 12.3 Å². The zero-order valence-electron chi connectivity index (χ0n) is 4.44. The average molecular weight is 238 g/mol. The fourth-order valence-electron chi connectivity index (χ4n) is 0.432. The maximum absolute atomic E-state index is 12.5. The predicted octanol–water partition coefficient (Wildman–Crippen LogP) is 1.41. The van der Waals surface area contributed by atoms with E-state index in [1.54, 1.807) is 22.6 Å². The van der Waals surface area contributed by atoms with Crippen LogP contribution in [-0.2, 0) is 0 Å². The van der Waals surface area contributed by atoms with E-state index in [1.165, 1.54) is 12.3 Å². The minimum Gasteiger partial charge on any atom is -0.396 e. The van der Waals surface area contributed by atoms with Gasteiger partial charge in [-0.2, -0.15) is 0 Å². The van der Waals surface area contributed by atoms with Crippen molar-refractivity contribution in [1.29, 1.82) is 0 Å². The molecule has 0 aromatic carbocycles. The zero-order valence-corrected chi connectivity index (χ0v) is 6.59. The van der Waals surface area contributed by atoms with Crippen molar-refractivity contribution < 1.29 is 4.39 Å². The van der Waals surface area contributed by atoms with Gasteiger partial charge in [0, 0.05) is 6.20 Å². The maximum Gasteiger partial charge on any atom is 0.177 e. The first-order valence-electron chi connectivity index (χ1n) is 2.27. The minimum atomic E-state index is -0.432. The van der Waals surface area contributed by atoms with E-state index >= 15 is 0 Å². The van der Waals surface area contributed by atoms with Gasteiger partial charge >= 0.3 is 0 Å². The molecule has 9 heavy (non-hydrogen) atoms. The Labute approximate surface area is 65.4 Å². The van der Waals surface area contributed by atoms with Gasteiger partial charge in [-0.15, -0.1) is 0 Å². The molecular formula is C5H4FIN2. The van der Waals surface area contributed by atoms with Crippen LogP contribution >= 0.6 is 22.6 Å². The molecule has 1 heterocycles. The van der Waals surface area contributed by atoms with Gasteiger partial charge < -0.3 is 5.73 Å². The molecule has 0 aliphatic rings. The van der Waals surface area contributed by atoms with Crippen LogP contribution in [0.4, 0.5) is 10.1 Å². The highest BCUT2D eigenvalue weighted by atomic mass is 127. The number of nitrogen functional groups attached to an aromatic ring is 1. The molecule has 0 unspecified atom stereocenters. The highest BCUT2D eigenvalue weighted by Gasteiger charge is 2.00. The molecule has 48 valence electrons. The first-order valence-corrected chi connectivity index (χ1v) is 3.35. The van der Waals surface area contributed by atoms with E-state index in [0.717, 1.165) is 0 Å². The highest BCUT2D eigenvalue weighted by Crippen LogP contribution is 2.12. The van der Waals surface area contributed by atoms with Gasteiger partial charge in [-0.1, -0.05) is 0 Å². The third-order valence-corrected chi connectivity index (χ3v) is 1.63. The number of aromatic nitrogens is 1. The molecule has 1 aromatic rings. The van der Waals surface area contributed by atoms with Crippen molar-refractivity contribution in [1.82, 2.24) is 4.98 Å². The molecule has 2 N–H and O–H groups in total. The normalized spacial score (nSPS) is 9.56. The maximum atomic E-state index is 12.5. The van der Waals surface area contributed by atoms with E-state index in [1.807, 2.05) is 0 Å². The molecule has 4 heteroatoms. The summed E-state index contributed by atoms with van der Waals surface area (Å²) < 4.78 is 12.8. The van der Waals surface area contributed by atoms with Crippen LogP contribution in [0, 0.1) is 9.52 Å². The monoisotopic (exact) mass is 238 g/mol. The molecule has 0 spiro atoms. The fraction of sp³-hybridized carbons (Fsp3) is 0. The van der Waals surface area contributed by atoms with Crippen molar-refractivity contribution >= 4 is 28.3 Å². The Kier molecular flexibility index (Phi) is 1.84. The van der Waals surface area contributed by atoms with Gasteiger partial charge in [-0.3, -0.25) is 0 Å². The molecule has 1 aromatic heterocycles. The molecule has 0 amide bonds. The minimum absolute atomic E-state index is 0.148. The molecule has 0 aliphatic carbocycles. The van der Waals surface area contributed by atoms with E-state index in [-0.39, 0.29) is 5.69 Å². The van der Waals surface area contributed by atoms with E-state index in [9.17, 15) is 4.39 Å². The van der Waals surface area contributed by atoms with Crippen molar-refractivity contribution in [3.63, 3.8) is 0 Å². The summed E-state index contributed by atoms with van der Waals surface area (Å²) in [6.07, 6.45) is 1.47. The standard InChI is InChI=1S/C5H4FIN2/c6-4-3(8)1-2-9-5(4)7/h1-2H,(H2,8,9). The van der Waals surface area contributed by atoms with Crippen molar-refractivity contribution in [2.75, 3.05) is 5.73 Å². The summed E-state index contributed by atoms with van der Waals surface area (Å²) in [5, 5.41) is 0. The average Bonchev–Trinajstić information content (AvgIpc) is 1.83. The number of pyridine rings is 1. The first kappa shape index (κ1) is 6.73. The number of nitrogens with two attached hydrogens (primary N) is 1. The molecular weight excluding hydrogens is 234 g/mol. The number of anilines is 1. The Morgan fingerprint density at radius 3 is 2.78 bits per heavy atom. The van der Waals surface area contributed by atoms with Crippen LogP contribution in [0.25, 0.3) is 0 Å². The van der Waals surface area contributed by atoms with Gasteiger partial charge in [0.2, 0.25) is 0 Å². The number of hydrogen-bond acceptors (Lipinski definition) is 2. The van der Waals surface area contributed by atoms with Crippen LogP contribution in [0.1, 0.15) is 0 Å². The SMILES string of the molecule is Nc1ccnc(I)c1F. The van der Waals surface area contributed by atoms with Gasteiger partial charge in [-0.05, 0) is 28.7 Å². The second kappa shape index (κ2) is 2.47. The fourth-order valence-corrected chi connectivity index (χ4v) is 0.904. The van der Waals surface area contributed by atoms with Crippen LogP contribution in [0.2, 0.25) is 0 Å². The Hall–Kier alpha value is -0.390. The van der Waals surface area contributed by atoms with E-state index in [4.69, 9.17) is 5.73 Å². The van der Waals surface area contributed by atoms with Crippen LogP contribution < -0.4 is 5.73 Å². The zero-order chi connectivity index (χ0) is 6.85. The Balaban J connectivity index is 3.25. The van der Waals surface area contributed by atoms with Gasteiger partial charge in [0.15, 0.2) is 5.82 Å². The number of hydrogen-bond donors (Lipinski definition) is 1. The molecule has 2 nitrogen and oxygen atoms in total. The molecule has 0 radical (unpaired) electrons. The quantitative estimate of drug-likeness (QED) is 0.548. The van der Waals surface area contributed by atoms with Gasteiger partial charge in [0.1, 0.15) is 3.70 Å². The smallest absolute Gasteiger partial charge is 0.177 e. The lowest BCUT2D eigenvalue weighted by Gasteiger charge is -1.94. The summed E-state index contributed by atoms with van der Waals surface area (Å²) in [5.41, 5.74) is 5.35. The summed E-state index contributed by atoms with van der Waals surface area (Å²) in [6, 6.07) is 1.43. The Morgan fingerprint density at radius 2 is 2.33 bits per heavy atom. The molecule has 0 saturated heterocycles. The predicted molar refractivity (Wildman–Crippen MR) is 41.3 cm³/mol. The summed E-state index contributed by atoms with van der Waals surface area (Å²) >= 11 is 1.78. The lowest BCUT2D eigenvalue weighted by atomic mass is 10.4. The van der Waals surface area contributed by atoms with E-state index < -0.39 is 5.82 Å². The van der Waals surface area contributed by atoms with Crippen molar-refractivity contribution in [3.8, 4) is 0 Å². The summed E-state index contributed by atoms with van der Waals surface area (Å²) in [6.45, 7) is 0. The third-order valence-electron chi connectivity index (χ3n) is 0.877. The third kappa shape index (κ3) is 1.29. The van der Waals surface area contributed by atoms with Gasteiger partial charge in [0.05, 0.1) is 5.69 Å². The highest BCUT2D eigenvalue weighted by molar-refractivity contribution is 14.1. The molecule has 1 rings (SSSR count). The second-order valence-electron chi connectivity index (χ2n) is 1.50. The lowest BCUT2D eigenvalue weighted by Crippen LogP contribution is -1.94. The van der Waals surface area contributed by atoms with Crippen molar-refractivity contribution in [3.05, 3.63) is 21.8 Å². The summed E-state index contributed by atoms with van der Waals surface area (Å²) in [4.78, 5) is 3.67. The first-order chi connectivity index (χ1) is 4.22. The number of halogens is 2. The molecule has 0 atom stereocenters. The van der Waals surface area contributed by atoms with Crippen molar-refractivity contribution in [2.24, 2.45) is 0 Å². The molecule has 0 saturated carbocycles. The topological polar surface area (TPSA) is 38.9 Å². The second-order valence-corrected chi connectivity index (χ2v) is 2.53.